The van der Waals surface area contributed by atoms with E-state index in [0.29, 0.717) is 5.02 Å². The van der Waals surface area contributed by atoms with Crippen LogP contribution < -0.4 is 9.61 Å². The molecule has 9 nitrogen and oxygen atoms in total. The molecule has 0 aliphatic heterocycles. The first kappa shape index (κ1) is 23.2. The lowest BCUT2D eigenvalue weighted by Crippen LogP contribution is -2.17. The first-order valence-corrected chi connectivity index (χ1v) is 10.9. The van der Waals surface area contributed by atoms with Crippen molar-refractivity contribution in [1.82, 2.24) is 5.43 Å². The molecule has 0 aliphatic carbocycles. The summed E-state index contributed by atoms with van der Waals surface area (Å²) in [4.78, 5) is 22.0. The second kappa shape index (κ2) is 9.77. The summed E-state index contributed by atoms with van der Waals surface area (Å²) in [6.07, 6.45) is 1.20. The predicted molar refractivity (Wildman–Crippen MR) is 119 cm³/mol. The van der Waals surface area contributed by atoms with E-state index in [1.54, 1.807) is 12.1 Å². The highest BCUT2D eigenvalue weighted by atomic mass is 35.5. The number of carbonyl (C=O) groups excluding carboxylic acids is 1. The predicted octanol–water partition coefficient (Wildman–Crippen LogP) is 4.43. The Morgan fingerprint density at radius 3 is 2.38 bits per heavy atom. The summed E-state index contributed by atoms with van der Waals surface area (Å²) in [6.45, 7) is 0. The second-order valence-electron chi connectivity index (χ2n) is 6.15. The zero-order chi connectivity index (χ0) is 23.3. The average molecular weight is 494 g/mol. The molecule has 12 heteroatoms. The molecule has 0 aromatic heterocycles. The minimum Gasteiger partial charge on any atom is -0.378 e. The Hall–Kier alpha value is -3.47. The third-order valence-corrected chi connectivity index (χ3v) is 5.99. The van der Waals surface area contributed by atoms with Crippen LogP contribution >= 0.6 is 23.2 Å². The van der Waals surface area contributed by atoms with Gasteiger partial charge in [-0.15, -0.1) is 0 Å². The number of hydrogen-bond acceptors (Lipinski definition) is 7. The number of amides is 1. The molecule has 0 radical (unpaired) electrons. The van der Waals surface area contributed by atoms with Gasteiger partial charge >= 0.3 is 10.1 Å². The van der Waals surface area contributed by atoms with Crippen LogP contribution in [0.4, 0.5) is 5.69 Å². The van der Waals surface area contributed by atoms with Crippen molar-refractivity contribution in [3.8, 4) is 5.75 Å². The summed E-state index contributed by atoms with van der Waals surface area (Å²) in [6, 6.07) is 14.7. The second-order valence-corrected chi connectivity index (χ2v) is 8.52. The van der Waals surface area contributed by atoms with Gasteiger partial charge in [0.2, 0.25) is 0 Å². The van der Waals surface area contributed by atoms with E-state index in [4.69, 9.17) is 27.4 Å². The molecule has 3 aromatic rings. The number of rotatable bonds is 7. The molecule has 1 amide bonds. The van der Waals surface area contributed by atoms with Gasteiger partial charge in [-0.25, -0.2) is 5.43 Å². The Kier molecular flexibility index (Phi) is 7.08. The third-order valence-electron chi connectivity index (χ3n) is 4.01. The first-order chi connectivity index (χ1) is 15.2. The zero-order valence-corrected chi connectivity index (χ0v) is 18.3. The van der Waals surface area contributed by atoms with Gasteiger partial charge in [0, 0.05) is 23.3 Å². The quantitative estimate of drug-likeness (QED) is 0.224. The van der Waals surface area contributed by atoms with E-state index in [1.807, 2.05) is 0 Å². The molecule has 0 unspecified atom stereocenters. The molecule has 0 fully saturated rings. The van der Waals surface area contributed by atoms with E-state index < -0.39 is 20.9 Å². The molecule has 0 atom stereocenters. The number of nitro groups is 1. The molecule has 3 aromatic carbocycles. The van der Waals surface area contributed by atoms with Gasteiger partial charge in [0.15, 0.2) is 5.75 Å². The van der Waals surface area contributed by atoms with Gasteiger partial charge in [0.05, 0.1) is 21.2 Å². The molecular formula is C20H13Cl2N3O6S. The van der Waals surface area contributed by atoms with Crippen molar-refractivity contribution in [1.29, 1.82) is 0 Å². The van der Waals surface area contributed by atoms with Crippen LogP contribution in [0.1, 0.15) is 15.9 Å². The highest BCUT2D eigenvalue weighted by Gasteiger charge is 2.19. The van der Waals surface area contributed by atoms with Crippen molar-refractivity contribution in [3.63, 3.8) is 0 Å². The highest BCUT2D eigenvalue weighted by Crippen LogP contribution is 2.24. The normalized spacial score (nSPS) is 11.3. The lowest BCUT2D eigenvalue weighted by molar-refractivity contribution is -0.384. The molecule has 0 spiro atoms. The fraction of sp³-hybridized carbons (Fsp3) is 0. The Labute approximate surface area is 192 Å². The van der Waals surface area contributed by atoms with E-state index in [9.17, 15) is 23.3 Å². The molecule has 1 N–H and O–H groups in total. The van der Waals surface area contributed by atoms with Crippen LogP contribution in [0.25, 0.3) is 0 Å². The van der Waals surface area contributed by atoms with Crippen molar-refractivity contribution in [2.45, 2.75) is 4.90 Å². The summed E-state index contributed by atoms with van der Waals surface area (Å²) in [5.74, 6) is -0.616. The Balaban J connectivity index is 1.75. The molecule has 3 rings (SSSR count). The maximum Gasteiger partial charge on any atom is 0.339 e. The first-order valence-electron chi connectivity index (χ1n) is 8.74. The van der Waals surface area contributed by atoms with Crippen LogP contribution in [0, 0.1) is 10.1 Å². The average Bonchev–Trinajstić information content (AvgIpc) is 2.76. The van der Waals surface area contributed by atoms with Crippen LogP contribution in [0.3, 0.4) is 0 Å². The minimum absolute atomic E-state index is 0.0570. The van der Waals surface area contributed by atoms with Gasteiger partial charge in [-0.3, -0.25) is 14.9 Å². The fourth-order valence-electron chi connectivity index (χ4n) is 2.43. The molecule has 0 heterocycles. The van der Waals surface area contributed by atoms with Crippen molar-refractivity contribution in [2.75, 3.05) is 0 Å². The van der Waals surface area contributed by atoms with E-state index >= 15 is 0 Å². The summed E-state index contributed by atoms with van der Waals surface area (Å²) in [5.41, 5.74) is 2.52. The SMILES string of the molecule is O=C(N/N=C\c1ccccc1OS(=O)(=O)c1ccc([N+](=O)[O-])cc1)c1ccc(Cl)c(Cl)c1. The number of nitrogens with one attached hydrogen (secondary N) is 1. The van der Waals surface area contributed by atoms with Crippen LogP contribution in [0.5, 0.6) is 5.75 Å². The lowest BCUT2D eigenvalue weighted by atomic mass is 10.2. The largest absolute Gasteiger partial charge is 0.378 e. The van der Waals surface area contributed by atoms with E-state index in [2.05, 4.69) is 10.5 Å². The van der Waals surface area contributed by atoms with E-state index in [-0.39, 0.29) is 32.5 Å². The number of nitro benzene ring substituents is 1. The van der Waals surface area contributed by atoms with Gasteiger partial charge in [-0.05, 0) is 42.5 Å². The number of nitrogens with zero attached hydrogens (tertiary/aromatic N) is 2. The highest BCUT2D eigenvalue weighted by molar-refractivity contribution is 7.87. The molecule has 0 saturated heterocycles. The molecule has 164 valence electrons. The Morgan fingerprint density at radius 2 is 1.72 bits per heavy atom. The topological polar surface area (TPSA) is 128 Å². The van der Waals surface area contributed by atoms with Crippen LogP contribution in [-0.2, 0) is 10.1 Å². The lowest BCUT2D eigenvalue weighted by Gasteiger charge is -2.09. The Bertz CT molecular complexity index is 1310. The van der Waals surface area contributed by atoms with E-state index in [0.717, 1.165) is 24.3 Å². The summed E-state index contributed by atoms with van der Waals surface area (Å²) in [5, 5.41) is 15.1. The van der Waals surface area contributed by atoms with Crippen molar-refractivity contribution in [3.05, 3.63) is 98.0 Å². The number of non-ortho nitro benzene ring substituents is 1. The number of carbonyl (C=O) groups is 1. The molecule has 32 heavy (non-hydrogen) atoms. The van der Waals surface area contributed by atoms with Gasteiger partial charge in [-0.2, -0.15) is 13.5 Å². The van der Waals surface area contributed by atoms with Crippen LogP contribution in [-0.4, -0.2) is 25.5 Å². The van der Waals surface area contributed by atoms with Crippen LogP contribution in [0.2, 0.25) is 10.0 Å². The standard InChI is InChI=1S/C20H13Cl2N3O6S/c21-17-10-5-13(11-18(17)22)20(26)24-23-12-14-3-1-2-4-19(14)31-32(29,30)16-8-6-15(7-9-16)25(27)28/h1-12H,(H,24,26)/b23-12-. The van der Waals surface area contributed by atoms with Gasteiger partial charge < -0.3 is 4.18 Å². The number of benzene rings is 3. The smallest absolute Gasteiger partial charge is 0.339 e. The number of halogens is 2. The Morgan fingerprint density at radius 1 is 1.03 bits per heavy atom. The van der Waals surface area contributed by atoms with Gasteiger partial charge in [0.1, 0.15) is 4.90 Å². The maximum atomic E-state index is 12.5. The number of para-hydroxylation sites is 1. The molecule has 0 saturated carbocycles. The summed E-state index contributed by atoms with van der Waals surface area (Å²) >= 11 is 11.7. The van der Waals surface area contributed by atoms with E-state index in [1.165, 1.54) is 36.5 Å². The zero-order valence-electron chi connectivity index (χ0n) is 15.9. The van der Waals surface area contributed by atoms with Crippen molar-refractivity contribution < 1.29 is 22.3 Å². The fourth-order valence-corrected chi connectivity index (χ4v) is 3.68. The molecule has 0 aliphatic rings. The number of hydrogen-bond donors (Lipinski definition) is 1. The van der Waals surface area contributed by atoms with Crippen LogP contribution in [0.15, 0.2) is 76.7 Å². The molecular weight excluding hydrogens is 481 g/mol. The molecule has 0 bridgehead atoms. The maximum absolute atomic E-state index is 12.5. The van der Waals surface area contributed by atoms with Gasteiger partial charge in [-0.1, -0.05) is 35.3 Å². The third kappa shape index (κ3) is 5.61. The minimum atomic E-state index is -4.27. The van der Waals surface area contributed by atoms with Crippen molar-refractivity contribution in [2.24, 2.45) is 5.10 Å². The number of hydrazone groups is 1. The summed E-state index contributed by atoms with van der Waals surface area (Å²) in [7, 11) is -4.27. The monoisotopic (exact) mass is 493 g/mol. The van der Waals surface area contributed by atoms with Crippen molar-refractivity contribution >= 4 is 51.1 Å². The summed E-state index contributed by atoms with van der Waals surface area (Å²) < 4.78 is 30.2. The van der Waals surface area contributed by atoms with Gasteiger partial charge in [0.25, 0.3) is 11.6 Å².